The number of rotatable bonds is 2. The van der Waals surface area contributed by atoms with Crippen LogP contribution in [0, 0.1) is 0 Å². The van der Waals surface area contributed by atoms with Crippen molar-refractivity contribution in [3.63, 3.8) is 0 Å². The van der Waals surface area contributed by atoms with E-state index in [1.54, 1.807) is 7.11 Å². The van der Waals surface area contributed by atoms with Gasteiger partial charge in [-0.3, -0.25) is 0 Å². The second kappa shape index (κ2) is 3.25. The van der Waals surface area contributed by atoms with Crippen molar-refractivity contribution in [2.24, 2.45) is 0 Å². The third kappa shape index (κ3) is 4.05. The molecule has 0 aliphatic carbocycles. The fourth-order valence-corrected chi connectivity index (χ4v) is 0.321. The molecule has 0 atom stereocenters. The highest BCUT2D eigenvalue weighted by Crippen LogP contribution is 1.72. The van der Waals surface area contributed by atoms with Gasteiger partial charge in [0.1, 0.15) is 0 Å². The Morgan fingerprint density at radius 3 is 2.33 bits per heavy atom. The van der Waals surface area contributed by atoms with Crippen LogP contribution in [0.15, 0.2) is 0 Å². The summed E-state index contributed by atoms with van der Waals surface area (Å²) in [4.78, 5) is 0.900. The SMILES string of the molecule is COCC(C)=S. The Morgan fingerprint density at radius 2 is 2.33 bits per heavy atom. The molecule has 0 saturated carbocycles. The molecule has 0 fully saturated rings. The van der Waals surface area contributed by atoms with Gasteiger partial charge >= 0.3 is 0 Å². The molecule has 0 aliphatic rings. The topological polar surface area (TPSA) is 9.23 Å². The lowest BCUT2D eigenvalue weighted by Crippen LogP contribution is -1.95. The Morgan fingerprint density at radius 1 is 1.83 bits per heavy atom. The summed E-state index contributed by atoms with van der Waals surface area (Å²) in [7, 11) is 1.63. The van der Waals surface area contributed by atoms with E-state index in [0.717, 1.165) is 4.86 Å². The van der Waals surface area contributed by atoms with Crippen molar-refractivity contribution in [3.8, 4) is 0 Å². The van der Waals surface area contributed by atoms with Crippen LogP contribution in [0.4, 0.5) is 0 Å². The van der Waals surface area contributed by atoms with E-state index in [4.69, 9.17) is 0 Å². The standard InChI is InChI=1S/C4H8OS/c1-4(6)3-5-2/h3H2,1-2H3. The van der Waals surface area contributed by atoms with E-state index in [1.165, 1.54) is 0 Å². The Labute approximate surface area is 43.3 Å². The summed E-state index contributed by atoms with van der Waals surface area (Å²) in [5.74, 6) is 0. The van der Waals surface area contributed by atoms with Gasteiger partial charge in [0.25, 0.3) is 0 Å². The van der Waals surface area contributed by atoms with E-state index in [2.05, 4.69) is 17.0 Å². The molecular weight excluding hydrogens is 96.1 g/mol. The van der Waals surface area contributed by atoms with Crippen LogP contribution in [0.2, 0.25) is 0 Å². The van der Waals surface area contributed by atoms with Gasteiger partial charge in [0.2, 0.25) is 0 Å². The molecular formula is C4H8OS. The second-order valence-corrected chi connectivity index (χ2v) is 1.83. The van der Waals surface area contributed by atoms with Gasteiger partial charge in [-0.2, -0.15) is 0 Å². The van der Waals surface area contributed by atoms with Gasteiger partial charge < -0.3 is 4.74 Å². The molecule has 0 bridgehead atoms. The number of methoxy groups -OCH3 is 1. The number of ether oxygens (including phenoxy) is 1. The van der Waals surface area contributed by atoms with E-state index in [1.807, 2.05) is 6.92 Å². The van der Waals surface area contributed by atoms with Crippen LogP contribution in [-0.4, -0.2) is 18.6 Å². The maximum Gasteiger partial charge on any atom is 0.0772 e. The van der Waals surface area contributed by atoms with E-state index in [-0.39, 0.29) is 0 Å². The van der Waals surface area contributed by atoms with Crippen LogP contribution in [0.5, 0.6) is 0 Å². The summed E-state index contributed by atoms with van der Waals surface area (Å²) >= 11 is 4.67. The molecule has 1 nitrogen and oxygen atoms in total. The van der Waals surface area contributed by atoms with Crippen molar-refractivity contribution in [2.75, 3.05) is 13.7 Å². The predicted octanol–water partition coefficient (Wildman–Crippen LogP) is 1.02. The zero-order valence-electron chi connectivity index (χ0n) is 4.02. The molecule has 0 heterocycles. The third-order valence-corrected chi connectivity index (χ3v) is 0.465. The van der Waals surface area contributed by atoms with Crippen molar-refractivity contribution in [1.29, 1.82) is 0 Å². The van der Waals surface area contributed by atoms with Crippen LogP contribution in [-0.2, 0) is 4.74 Å². The number of hydrogen-bond acceptors (Lipinski definition) is 2. The number of thiocarbonyl (C=S) groups is 1. The smallest absolute Gasteiger partial charge is 0.0772 e. The lowest BCUT2D eigenvalue weighted by molar-refractivity contribution is 0.246. The Kier molecular flexibility index (Phi) is 3.28. The van der Waals surface area contributed by atoms with Crippen molar-refractivity contribution in [1.82, 2.24) is 0 Å². The summed E-state index contributed by atoms with van der Waals surface area (Å²) in [6, 6.07) is 0. The zero-order valence-corrected chi connectivity index (χ0v) is 4.84. The second-order valence-electron chi connectivity index (χ2n) is 1.14. The predicted molar refractivity (Wildman–Crippen MR) is 30.1 cm³/mol. The fraction of sp³-hybridized carbons (Fsp3) is 0.750. The number of hydrogen-bond donors (Lipinski definition) is 0. The molecule has 0 unspecified atom stereocenters. The molecule has 0 saturated heterocycles. The first-order valence-corrected chi connectivity index (χ1v) is 2.16. The molecule has 2 heteroatoms. The zero-order chi connectivity index (χ0) is 4.99. The molecule has 36 valence electrons. The van der Waals surface area contributed by atoms with Gasteiger partial charge in [0.15, 0.2) is 0 Å². The molecule has 0 aliphatic heterocycles. The lowest BCUT2D eigenvalue weighted by atomic mass is 10.5. The summed E-state index contributed by atoms with van der Waals surface area (Å²) in [5, 5.41) is 0. The fourth-order valence-electron chi connectivity index (χ4n) is 0.203. The molecule has 0 aromatic rings. The Bertz CT molecular complexity index is 51.5. The van der Waals surface area contributed by atoms with Gasteiger partial charge in [0.05, 0.1) is 6.61 Å². The van der Waals surface area contributed by atoms with Crippen molar-refractivity contribution < 1.29 is 4.74 Å². The van der Waals surface area contributed by atoms with E-state index in [0.29, 0.717) is 6.61 Å². The first-order valence-electron chi connectivity index (χ1n) is 1.75. The molecule has 0 amide bonds. The average molecular weight is 104 g/mol. The molecule has 0 spiro atoms. The molecule has 0 rings (SSSR count). The molecule has 6 heavy (non-hydrogen) atoms. The van der Waals surface area contributed by atoms with E-state index in [9.17, 15) is 0 Å². The molecule has 0 radical (unpaired) electrons. The summed E-state index contributed by atoms with van der Waals surface area (Å²) < 4.78 is 4.66. The first kappa shape index (κ1) is 6.05. The van der Waals surface area contributed by atoms with Crippen LogP contribution < -0.4 is 0 Å². The van der Waals surface area contributed by atoms with E-state index < -0.39 is 0 Å². The molecule has 0 aromatic carbocycles. The summed E-state index contributed by atoms with van der Waals surface area (Å²) in [6.07, 6.45) is 0. The average Bonchev–Trinajstić information content (AvgIpc) is 1.35. The quantitative estimate of drug-likeness (QED) is 0.484. The van der Waals surface area contributed by atoms with Crippen LogP contribution in [0.1, 0.15) is 6.92 Å². The minimum absolute atomic E-state index is 0.606. The highest BCUT2D eigenvalue weighted by atomic mass is 32.1. The summed E-state index contributed by atoms with van der Waals surface area (Å²) in [5.41, 5.74) is 0. The largest absolute Gasteiger partial charge is 0.379 e. The van der Waals surface area contributed by atoms with Crippen LogP contribution in [0.3, 0.4) is 0 Å². The highest BCUT2D eigenvalue weighted by molar-refractivity contribution is 7.80. The van der Waals surface area contributed by atoms with Gasteiger partial charge in [-0.25, -0.2) is 0 Å². The van der Waals surface area contributed by atoms with Gasteiger partial charge in [-0.15, -0.1) is 0 Å². The third-order valence-electron chi connectivity index (χ3n) is 0.348. The minimum Gasteiger partial charge on any atom is -0.379 e. The van der Waals surface area contributed by atoms with Crippen molar-refractivity contribution >= 4 is 17.1 Å². The normalized spacial score (nSPS) is 8.33. The van der Waals surface area contributed by atoms with Crippen molar-refractivity contribution in [2.45, 2.75) is 6.92 Å². The summed E-state index contributed by atoms with van der Waals surface area (Å²) in [6.45, 7) is 2.47. The molecule has 0 N–H and O–H groups in total. The molecule has 0 aromatic heterocycles. The maximum absolute atomic E-state index is 4.67. The van der Waals surface area contributed by atoms with Crippen LogP contribution >= 0.6 is 12.2 Å². The van der Waals surface area contributed by atoms with Gasteiger partial charge in [0, 0.05) is 12.0 Å². The first-order chi connectivity index (χ1) is 2.77. The lowest BCUT2D eigenvalue weighted by Gasteiger charge is -1.88. The van der Waals surface area contributed by atoms with Crippen molar-refractivity contribution in [3.05, 3.63) is 0 Å². The highest BCUT2D eigenvalue weighted by Gasteiger charge is 1.78. The van der Waals surface area contributed by atoms with E-state index >= 15 is 0 Å². The maximum atomic E-state index is 4.67. The Balaban J connectivity index is 2.83. The minimum atomic E-state index is 0.606. The van der Waals surface area contributed by atoms with Gasteiger partial charge in [-0.1, -0.05) is 12.2 Å². The Hall–Kier alpha value is 0.0500. The van der Waals surface area contributed by atoms with Crippen LogP contribution in [0.25, 0.3) is 0 Å². The van der Waals surface area contributed by atoms with Gasteiger partial charge in [-0.05, 0) is 6.92 Å². The monoisotopic (exact) mass is 104 g/mol.